The average molecular weight is 1400 g/mol. The Morgan fingerprint density at radius 1 is 0.431 bits per heavy atom. The number of nitrogens with one attached hydrogen (secondary N) is 2. The Hall–Kier alpha value is -10.5. The summed E-state index contributed by atoms with van der Waals surface area (Å²) in [7, 11) is 2.43. The first-order valence-corrected chi connectivity index (χ1v) is 39.7. The summed E-state index contributed by atoms with van der Waals surface area (Å²) < 4.78 is 12.6. The number of aliphatic hydroxyl groups is 2. The zero-order chi connectivity index (χ0) is 75.3. The predicted octanol–water partition coefficient (Wildman–Crippen LogP) is 15.8. The van der Waals surface area contributed by atoms with Crippen LogP contribution in [-0.4, -0.2) is 136 Å². The van der Waals surface area contributed by atoms with E-state index in [-0.39, 0.29) is 53.5 Å². The second-order valence-electron chi connectivity index (χ2n) is 28.5. The summed E-state index contributed by atoms with van der Waals surface area (Å²) in [6, 6.07) is 49.8. The second kappa shape index (κ2) is 36.2. The molecule has 0 saturated heterocycles. The second-order valence-corrected chi connectivity index (χ2v) is 38.1. The molecule has 0 aliphatic heterocycles. The smallest absolute Gasteiger partial charge is 0.192 e. The van der Waals surface area contributed by atoms with E-state index in [1.54, 1.807) is 31.0 Å². The fraction of sp³-hybridized carbons (Fsp3) is 0.362. The largest absolute Gasteiger partial charge is 0.415 e. The van der Waals surface area contributed by atoms with Crippen molar-refractivity contribution in [3.05, 3.63) is 181 Å². The molecule has 0 radical (unpaired) electrons. The van der Waals surface area contributed by atoms with Gasteiger partial charge in [-0.15, -0.1) is 0 Å². The number of aldehydes is 1. The number of aromatic nitrogens is 5. The Morgan fingerprint density at radius 3 is 1.03 bits per heavy atom. The molecule has 0 spiro atoms. The zero-order valence-corrected chi connectivity index (χ0v) is 64.2. The number of aliphatic hydroxyl groups excluding tert-OH is 2. The van der Waals surface area contributed by atoms with E-state index in [2.05, 4.69) is 172 Å². The molecule has 0 saturated carbocycles. The van der Waals surface area contributed by atoms with Crippen LogP contribution in [0.2, 0.25) is 36.3 Å². The van der Waals surface area contributed by atoms with Gasteiger partial charge in [-0.1, -0.05) is 41.5 Å². The van der Waals surface area contributed by atoms with Gasteiger partial charge in [0, 0.05) is 132 Å². The fourth-order valence-electron chi connectivity index (χ4n) is 9.96. The van der Waals surface area contributed by atoms with Gasteiger partial charge in [-0.05, 0) is 219 Å². The molecule has 5 atom stereocenters. The summed E-state index contributed by atoms with van der Waals surface area (Å²) in [4.78, 5) is 37.2. The van der Waals surface area contributed by atoms with Crippen LogP contribution in [0.4, 0.5) is 28.4 Å². The van der Waals surface area contributed by atoms with E-state index >= 15 is 0 Å². The average Bonchev–Trinajstić information content (AvgIpc) is 0.826. The minimum absolute atomic E-state index is 0.00437. The molecular weight excluding hydrogens is 1310 g/mol. The van der Waals surface area contributed by atoms with Gasteiger partial charge in [0.25, 0.3) is 0 Å². The Kier molecular flexibility index (Phi) is 28.6. The van der Waals surface area contributed by atoms with E-state index in [1.807, 2.05) is 154 Å². The van der Waals surface area contributed by atoms with Gasteiger partial charge in [0.05, 0.1) is 32.5 Å². The molecule has 10 rings (SSSR count). The van der Waals surface area contributed by atoms with Crippen molar-refractivity contribution in [1.82, 2.24) is 24.9 Å². The summed E-state index contributed by atoms with van der Waals surface area (Å²) in [5, 5.41) is 79.7. The molecule has 5 aromatic carbocycles. The zero-order valence-electron chi connectivity index (χ0n) is 62.2. The van der Waals surface area contributed by atoms with E-state index in [9.17, 15) is 10.1 Å². The molecule has 0 aliphatic carbocycles. The molecular formula is C80H97N15O5Si2. The van der Waals surface area contributed by atoms with Crippen molar-refractivity contribution in [2.45, 2.75) is 143 Å². The topological polar surface area (TPSA) is 293 Å². The Morgan fingerprint density at radius 2 is 0.725 bits per heavy atom. The van der Waals surface area contributed by atoms with Gasteiger partial charge >= 0.3 is 0 Å². The fourth-order valence-corrected chi connectivity index (χ4v) is 12.1. The summed E-state index contributed by atoms with van der Waals surface area (Å²) in [5.41, 5.74) is 7.27. The monoisotopic (exact) mass is 1400 g/mol. The number of nitriles is 5. The third kappa shape index (κ3) is 21.1. The number of nitrogens with zero attached hydrogens (tertiary/aromatic N) is 13. The van der Waals surface area contributed by atoms with Gasteiger partial charge in [-0.25, -0.2) is 24.9 Å². The molecule has 0 unspecified atom stereocenters. The number of carbonyl (C=O) groups is 1. The molecule has 0 fully saturated rings. The Balaban J connectivity index is 0.000000202. The minimum Gasteiger partial charge on any atom is -0.415 e. The summed E-state index contributed by atoms with van der Waals surface area (Å²) in [6.45, 7) is 34.2. The lowest BCUT2D eigenvalue weighted by molar-refractivity contribution is -0.108. The number of hydrogen-bond acceptors (Lipinski definition) is 20. The van der Waals surface area contributed by atoms with E-state index in [1.165, 1.54) is 0 Å². The van der Waals surface area contributed by atoms with Crippen molar-refractivity contribution in [3.8, 4) is 30.3 Å². The number of rotatable bonds is 19. The third-order valence-corrected chi connectivity index (χ3v) is 28.0. The molecule has 0 bridgehead atoms. The maximum absolute atomic E-state index is 10.8. The van der Waals surface area contributed by atoms with Gasteiger partial charge in [0.1, 0.15) is 65.1 Å². The predicted molar refractivity (Wildman–Crippen MR) is 419 cm³/mol. The molecule has 20 nitrogen and oxygen atoms in total. The van der Waals surface area contributed by atoms with Crippen LogP contribution in [0.3, 0.4) is 0 Å². The molecule has 10 aromatic rings. The number of anilines is 5. The normalized spacial score (nSPS) is 12.7. The highest BCUT2D eigenvalue weighted by molar-refractivity contribution is 6.74. The standard InChI is InChI=1S/C20H29N3OSi.C19H27N3OSi.C14H15N3O.C14H13N3O.C13H13N3O/c1-15(14-24-25(6,7)20(2,3)4)23(5)17-8-9-18-16(12-17)10-11-22-19(18)13-21;1-14(13-23-24(5,6)19(2,3)4)22-16-7-8-17-15(11-16)9-10-21-18(17)12-20;2*1-10(9-18)17(2)12-3-4-13-11(7-12)5-6-16-14(13)8-15;1-9(8-17)16-11-2-3-12-10(6-11)4-5-15-13(12)7-14/h8-12,15H,14H2,1-7H3;7-11,14,22H,13H2,1-6H3;3-7,10,18H,9H2,1-2H3;3-7,9-10H,1-2H3;2-6,9,16-17H,8H2,1H3/t15-;14-;2*10-;9-/m11111/s1. The number of hydrogen-bond donors (Lipinski definition) is 4. The molecule has 0 amide bonds. The molecule has 5 aromatic heterocycles. The number of carbonyl (C=O) groups excluding carboxylic acids is 1. The molecule has 530 valence electrons. The van der Waals surface area contributed by atoms with E-state index in [4.69, 9.17) is 40.1 Å². The van der Waals surface area contributed by atoms with Crippen LogP contribution in [0, 0.1) is 56.7 Å². The highest BCUT2D eigenvalue weighted by atomic mass is 28.4. The van der Waals surface area contributed by atoms with Gasteiger partial charge < -0.3 is 49.2 Å². The number of benzene rings is 5. The van der Waals surface area contributed by atoms with Crippen molar-refractivity contribution in [3.63, 3.8) is 0 Å². The van der Waals surface area contributed by atoms with E-state index < -0.39 is 16.6 Å². The molecule has 0 aliphatic rings. The van der Waals surface area contributed by atoms with Crippen LogP contribution in [0.1, 0.15) is 105 Å². The van der Waals surface area contributed by atoms with Crippen LogP contribution < -0.4 is 25.3 Å². The van der Waals surface area contributed by atoms with Crippen molar-refractivity contribution in [1.29, 1.82) is 26.3 Å². The third-order valence-electron chi connectivity index (χ3n) is 19.0. The summed E-state index contributed by atoms with van der Waals surface area (Å²) >= 11 is 0. The van der Waals surface area contributed by atoms with Gasteiger partial charge in [-0.3, -0.25) is 0 Å². The van der Waals surface area contributed by atoms with Crippen LogP contribution in [-0.2, 0) is 13.6 Å². The first kappa shape index (κ1) is 80.5. The van der Waals surface area contributed by atoms with Crippen molar-refractivity contribution in [2.75, 3.05) is 72.9 Å². The minimum atomic E-state index is -1.74. The molecule has 5 heterocycles. The van der Waals surface area contributed by atoms with Gasteiger partial charge in [0.15, 0.2) is 16.6 Å². The lowest BCUT2D eigenvalue weighted by Crippen LogP contribution is -2.44. The maximum atomic E-state index is 10.8. The van der Waals surface area contributed by atoms with Gasteiger partial charge in [0.2, 0.25) is 0 Å². The highest BCUT2D eigenvalue weighted by Gasteiger charge is 2.38. The van der Waals surface area contributed by atoms with Crippen LogP contribution in [0.25, 0.3) is 53.9 Å². The maximum Gasteiger partial charge on any atom is 0.192 e. The number of pyridine rings is 5. The molecule has 102 heavy (non-hydrogen) atoms. The van der Waals surface area contributed by atoms with Crippen molar-refractivity contribution < 1.29 is 23.9 Å². The lowest BCUT2D eigenvalue weighted by Gasteiger charge is -2.38. The van der Waals surface area contributed by atoms with Gasteiger partial charge in [-0.2, -0.15) is 26.3 Å². The number of likely N-dealkylation sites (N-methyl/N-ethyl adjacent to an activating group) is 3. The van der Waals surface area contributed by atoms with E-state index in [0.29, 0.717) is 41.7 Å². The molecule has 4 N–H and O–H groups in total. The van der Waals surface area contributed by atoms with Crippen LogP contribution >= 0.6 is 0 Å². The SMILES string of the molecule is C[C@H](C=O)N(C)c1ccc2c(C#N)nccc2c1.C[C@H](CO)N(C)c1ccc2c(C#N)nccc2c1.C[C@H](CO)Nc1ccc2c(C#N)nccc2c1.C[C@H](CO[Si](C)(C)C(C)(C)C)N(C)c1ccc2c(C#N)nccc2c1.C[C@H](CO[Si](C)(C)C(C)(C)C)Nc1ccc2c(C#N)nccc2c1. The first-order chi connectivity index (χ1) is 48.3. The first-order valence-electron chi connectivity index (χ1n) is 33.9. The quantitative estimate of drug-likeness (QED) is 0.0432. The number of fused-ring (bicyclic) bond motifs is 5. The lowest BCUT2D eigenvalue weighted by atomic mass is 10.1. The Labute approximate surface area is 603 Å². The van der Waals surface area contributed by atoms with Crippen LogP contribution in [0.5, 0.6) is 0 Å². The van der Waals surface area contributed by atoms with Crippen molar-refractivity contribution in [2.24, 2.45) is 0 Å². The van der Waals surface area contributed by atoms with Crippen LogP contribution in [0.15, 0.2) is 152 Å². The summed E-state index contributed by atoms with van der Waals surface area (Å²) in [5.74, 6) is 0. The van der Waals surface area contributed by atoms with E-state index in [0.717, 1.165) is 88.6 Å². The highest BCUT2D eigenvalue weighted by Crippen LogP contribution is 2.38. The molecule has 22 heteroatoms. The summed E-state index contributed by atoms with van der Waals surface area (Å²) in [6.07, 6.45) is 9.15. The van der Waals surface area contributed by atoms with Crippen molar-refractivity contribution >= 4 is 105 Å². The Bertz CT molecular complexity index is 4740.